The molecule has 0 spiro atoms. The van der Waals surface area contributed by atoms with E-state index in [0.717, 1.165) is 16.3 Å². The van der Waals surface area contributed by atoms with E-state index >= 15 is 0 Å². The van der Waals surface area contributed by atoms with Gasteiger partial charge in [0.1, 0.15) is 0 Å². The van der Waals surface area contributed by atoms with E-state index < -0.39 is 0 Å². The summed E-state index contributed by atoms with van der Waals surface area (Å²) in [7, 11) is 0. The van der Waals surface area contributed by atoms with E-state index in [1.54, 1.807) is 65.2 Å². The molecule has 33 heavy (non-hydrogen) atoms. The number of halogens is 1. The number of amides is 1. The fraction of sp³-hybridized carbons (Fsp3) is 0.200. The highest BCUT2D eigenvalue weighted by molar-refractivity contribution is 7.09. The van der Waals surface area contributed by atoms with Crippen molar-refractivity contribution in [3.8, 4) is 0 Å². The molecule has 0 radical (unpaired) electrons. The van der Waals surface area contributed by atoms with Crippen molar-refractivity contribution in [1.29, 1.82) is 0 Å². The van der Waals surface area contributed by atoms with Crippen molar-refractivity contribution in [1.82, 2.24) is 14.5 Å². The molecule has 0 N–H and O–H groups in total. The van der Waals surface area contributed by atoms with Gasteiger partial charge in [0.25, 0.3) is 11.5 Å². The normalized spacial score (nSPS) is 11.0. The number of pyridine rings is 2. The number of anilines is 1. The molecule has 0 saturated carbocycles. The number of benzene rings is 1. The van der Waals surface area contributed by atoms with E-state index in [4.69, 9.17) is 11.6 Å². The Balaban J connectivity index is 1.65. The molecule has 3 heterocycles. The molecule has 0 atom stereocenters. The van der Waals surface area contributed by atoms with Gasteiger partial charge in [0.05, 0.1) is 29.4 Å². The van der Waals surface area contributed by atoms with Crippen molar-refractivity contribution in [3.63, 3.8) is 0 Å². The second-order valence-corrected chi connectivity index (χ2v) is 9.27. The second-order valence-electron chi connectivity index (χ2n) is 7.94. The van der Waals surface area contributed by atoms with Crippen LogP contribution in [0.3, 0.4) is 0 Å². The van der Waals surface area contributed by atoms with Crippen molar-refractivity contribution in [2.24, 2.45) is 0 Å². The fourth-order valence-electron chi connectivity index (χ4n) is 3.35. The zero-order valence-electron chi connectivity index (χ0n) is 18.3. The van der Waals surface area contributed by atoms with Crippen LogP contribution < -0.4 is 10.5 Å². The lowest BCUT2D eigenvalue weighted by Gasteiger charge is -2.23. The number of aromatic nitrogens is 3. The van der Waals surface area contributed by atoms with Crippen LogP contribution in [0.5, 0.6) is 0 Å². The fourth-order valence-corrected chi connectivity index (χ4v) is 4.30. The minimum Gasteiger partial charge on any atom is -0.309 e. The molecule has 8 heteroatoms. The summed E-state index contributed by atoms with van der Waals surface area (Å²) in [4.78, 5) is 36.5. The Morgan fingerprint density at radius 2 is 1.94 bits per heavy atom. The van der Waals surface area contributed by atoms with Crippen LogP contribution >= 0.6 is 22.9 Å². The second kappa shape index (κ2) is 10.1. The number of rotatable bonds is 7. The van der Waals surface area contributed by atoms with Crippen LogP contribution in [0, 0.1) is 0 Å². The Morgan fingerprint density at radius 3 is 2.61 bits per heavy atom. The van der Waals surface area contributed by atoms with E-state index in [-0.39, 0.29) is 11.5 Å². The molecule has 6 nitrogen and oxygen atoms in total. The molecular formula is C25H23ClN4O2S. The van der Waals surface area contributed by atoms with Gasteiger partial charge in [-0.15, -0.1) is 11.3 Å². The predicted molar refractivity (Wildman–Crippen MR) is 132 cm³/mol. The molecule has 0 fully saturated rings. The third-order valence-corrected chi connectivity index (χ3v) is 6.52. The van der Waals surface area contributed by atoms with Gasteiger partial charge in [-0.3, -0.25) is 14.6 Å². The first-order valence-electron chi connectivity index (χ1n) is 10.5. The maximum absolute atomic E-state index is 13.6. The summed E-state index contributed by atoms with van der Waals surface area (Å²) in [5.41, 5.74) is 2.62. The van der Waals surface area contributed by atoms with Crippen LogP contribution in [0.25, 0.3) is 0 Å². The molecule has 0 bridgehead atoms. The van der Waals surface area contributed by atoms with Crippen molar-refractivity contribution < 1.29 is 4.79 Å². The van der Waals surface area contributed by atoms with Gasteiger partial charge < -0.3 is 9.47 Å². The molecule has 0 aliphatic heterocycles. The molecule has 0 aliphatic carbocycles. The van der Waals surface area contributed by atoms with Gasteiger partial charge >= 0.3 is 0 Å². The molecule has 168 valence electrons. The van der Waals surface area contributed by atoms with Gasteiger partial charge in [-0.05, 0) is 42.0 Å². The molecular weight excluding hydrogens is 456 g/mol. The topological polar surface area (TPSA) is 68.1 Å². The standard InChI is InChI=1S/C25H23ClN4O2S/c1-17(2)24-28-21(16-33-24)15-29-14-19(5-10-23(29)31)25(32)30(13-18-4-3-11-27-12-18)22-8-6-20(26)7-9-22/h3-12,14,16-17H,13,15H2,1-2H3. The van der Waals surface area contributed by atoms with Gasteiger partial charge in [0, 0.05) is 46.7 Å². The van der Waals surface area contributed by atoms with Gasteiger partial charge in [-0.25, -0.2) is 4.98 Å². The Morgan fingerprint density at radius 1 is 1.15 bits per heavy atom. The lowest BCUT2D eigenvalue weighted by molar-refractivity contribution is 0.0984. The highest BCUT2D eigenvalue weighted by Crippen LogP contribution is 2.23. The number of hydrogen-bond donors (Lipinski definition) is 0. The third kappa shape index (κ3) is 5.56. The molecule has 0 aliphatic rings. The first kappa shape index (κ1) is 22.9. The third-order valence-electron chi connectivity index (χ3n) is 5.07. The van der Waals surface area contributed by atoms with E-state index in [2.05, 4.69) is 23.8 Å². The predicted octanol–water partition coefficient (Wildman–Crippen LogP) is 5.37. The molecule has 0 saturated heterocycles. The van der Waals surface area contributed by atoms with Crippen LogP contribution in [0.15, 0.2) is 77.3 Å². The summed E-state index contributed by atoms with van der Waals surface area (Å²) in [6.07, 6.45) is 5.02. The van der Waals surface area contributed by atoms with Crippen LogP contribution in [-0.4, -0.2) is 20.4 Å². The van der Waals surface area contributed by atoms with Crippen molar-refractivity contribution >= 4 is 34.5 Å². The first-order chi connectivity index (χ1) is 15.9. The number of thiazole rings is 1. The number of nitrogens with zero attached hydrogens (tertiary/aromatic N) is 4. The molecule has 4 rings (SSSR count). The summed E-state index contributed by atoms with van der Waals surface area (Å²) in [5, 5.41) is 3.57. The van der Waals surface area contributed by atoms with Crippen LogP contribution in [0.4, 0.5) is 5.69 Å². The van der Waals surface area contributed by atoms with Crippen molar-refractivity contribution in [3.05, 3.63) is 110 Å². The zero-order valence-corrected chi connectivity index (χ0v) is 19.9. The quantitative estimate of drug-likeness (QED) is 0.358. The molecule has 3 aromatic heterocycles. The van der Waals surface area contributed by atoms with Gasteiger partial charge in [-0.2, -0.15) is 0 Å². The van der Waals surface area contributed by atoms with E-state index in [1.165, 1.54) is 10.6 Å². The summed E-state index contributed by atoms with van der Waals surface area (Å²) in [6, 6.07) is 13.8. The van der Waals surface area contributed by atoms with Crippen LogP contribution in [0.1, 0.15) is 46.4 Å². The molecule has 1 amide bonds. The lowest BCUT2D eigenvalue weighted by atomic mass is 10.1. The number of carbonyl (C=O) groups excluding carboxylic acids is 1. The summed E-state index contributed by atoms with van der Waals surface area (Å²) < 4.78 is 1.52. The SMILES string of the molecule is CC(C)c1nc(Cn2cc(C(=O)N(Cc3cccnc3)c3ccc(Cl)cc3)ccc2=O)cs1. The van der Waals surface area contributed by atoms with Gasteiger partial charge in [-0.1, -0.05) is 31.5 Å². The van der Waals surface area contributed by atoms with Gasteiger partial charge in [0.15, 0.2) is 0 Å². The lowest BCUT2D eigenvalue weighted by Crippen LogP contribution is -2.32. The smallest absolute Gasteiger partial charge is 0.260 e. The average Bonchev–Trinajstić information content (AvgIpc) is 3.29. The average molecular weight is 479 g/mol. The Kier molecular flexibility index (Phi) is 7.01. The largest absolute Gasteiger partial charge is 0.309 e. The highest BCUT2D eigenvalue weighted by atomic mass is 35.5. The zero-order chi connectivity index (χ0) is 23.4. The summed E-state index contributed by atoms with van der Waals surface area (Å²) >= 11 is 7.63. The van der Waals surface area contributed by atoms with Crippen molar-refractivity contribution in [2.75, 3.05) is 4.90 Å². The maximum Gasteiger partial charge on any atom is 0.260 e. The van der Waals surface area contributed by atoms with E-state index in [9.17, 15) is 9.59 Å². The summed E-state index contributed by atoms with van der Waals surface area (Å²) in [5.74, 6) is 0.102. The van der Waals surface area contributed by atoms with Crippen LogP contribution in [-0.2, 0) is 13.1 Å². The minimum absolute atomic E-state index is 0.184. The number of carbonyl (C=O) groups is 1. The minimum atomic E-state index is -0.226. The summed E-state index contributed by atoms with van der Waals surface area (Å²) in [6.45, 7) is 4.81. The maximum atomic E-state index is 13.6. The first-order valence-corrected chi connectivity index (χ1v) is 11.8. The Labute approximate surface area is 201 Å². The number of hydrogen-bond acceptors (Lipinski definition) is 5. The van der Waals surface area contributed by atoms with E-state index in [0.29, 0.717) is 35.3 Å². The Hall–Kier alpha value is -3.29. The molecule has 0 unspecified atom stereocenters. The van der Waals surface area contributed by atoms with Crippen LogP contribution in [0.2, 0.25) is 5.02 Å². The monoisotopic (exact) mass is 478 g/mol. The highest BCUT2D eigenvalue weighted by Gasteiger charge is 2.20. The molecule has 4 aromatic rings. The molecule has 1 aromatic carbocycles. The Bertz CT molecular complexity index is 1300. The van der Waals surface area contributed by atoms with Gasteiger partial charge in [0.2, 0.25) is 0 Å². The van der Waals surface area contributed by atoms with Crippen molar-refractivity contribution in [2.45, 2.75) is 32.9 Å². The van der Waals surface area contributed by atoms with E-state index in [1.807, 2.05) is 17.5 Å².